The number of aryl methyl sites for hydroxylation is 1. The van der Waals surface area contributed by atoms with E-state index in [1.807, 2.05) is 12.4 Å². The zero-order valence-electron chi connectivity index (χ0n) is 15.3. The third-order valence-electron chi connectivity index (χ3n) is 4.67. The van der Waals surface area contributed by atoms with Crippen LogP contribution in [-0.4, -0.2) is 41.0 Å². The molecular formula is C20H28N4. The molecule has 0 spiro atoms. The van der Waals surface area contributed by atoms with Gasteiger partial charge in [0.05, 0.1) is 5.69 Å². The molecule has 0 radical (unpaired) electrons. The van der Waals surface area contributed by atoms with E-state index in [-0.39, 0.29) is 5.41 Å². The van der Waals surface area contributed by atoms with Gasteiger partial charge in [0, 0.05) is 45.1 Å². The number of rotatable bonds is 3. The van der Waals surface area contributed by atoms with Crippen molar-refractivity contribution in [3.05, 3.63) is 53.5 Å². The van der Waals surface area contributed by atoms with E-state index in [0.717, 1.165) is 44.2 Å². The van der Waals surface area contributed by atoms with Crippen molar-refractivity contribution >= 4 is 5.82 Å². The second kappa shape index (κ2) is 6.89. The molecular weight excluding hydrogens is 296 g/mol. The highest BCUT2D eigenvalue weighted by atomic mass is 15.3. The maximum atomic E-state index is 4.66. The fourth-order valence-electron chi connectivity index (χ4n) is 2.97. The molecule has 1 aliphatic heterocycles. The Balaban J connectivity index is 1.54. The van der Waals surface area contributed by atoms with Crippen LogP contribution in [0.25, 0.3) is 0 Å². The van der Waals surface area contributed by atoms with Gasteiger partial charge in [-0.1, -0.05) is 32.9 Å². The molecule has 128 valence electrons. The molecule has 0 saturated carbocycles. The molecule has 0 amide bonds. The van der Waals surface area contributed by atoms with Gasteiger partial charge in [-0.05, 0) is 35.6 Å². The van der Waals surface area contributed by atoms with Crippen LogP contribution in [0.1, 0.15) is 37.6 Å². The Labute approximate surface area is 145 Å². The minimum absolute atomic E-state index is 0.165. The highest BCUT2D eigenvalue weighted by Crippen LogP contribution is 2.21. The zero-order chi connectivity index (χ0) is 17.2. The van der Waals surface area contributed by atoms with Crippen molar-refractivity contribution < 1.29 is 0 Å². The van der Waals surface area contributed by atoms with Gasteiger partial charge in [-0.3, -0.25) is 9.88 Å². The van der Waals surface area contributed by atoms with E-state index in [1.165, 1.54) is 11.1 Å². The van der Waals surface area contributed by atoms with Gasteiger partial charge in [0.1, 0.15) is 5.82 Å². The summed E-state index contributed by atoms with van der Waals surface area (Å²) in [6.45, 7) is 13.8. The van der Waals surface area contributed by atoms with Crippen molar-refractivity contribution in [3.63, 3.8) is 0 Å². The summed E-state index contributed by atoms with van der Waals surface area (Å²) in [5, 5.41) is 0. The van der Waals surface area contributed by atoms with Crippen molar-refractivity contribution in [2.24, 2.45) is 0 Å². The Kier molecular flexibility index (Phi) is 4.86. The molecule has 3 rings (SSSR count). The second-order valence-electron chi connectivity index (χ2n) is 7.75. The van der Waals surface area contributed by atoms with E-state index in [1.54, 1.807) is 0 Å². The SMILES string of the molecule is Cc1ccc(N2CCN(Cc3ccc(C(C)(C)C)cn3)CC2)nc1. The van der Waals surface area contributed by atoms with Gasteiger partial charge in [-0.15, -0.1) is 0 Å². The number of pyridine rings is 2. The summed E-state index contributed by atoms with van der Waals surface area (Å²) in [4.78, 5) is 14.0. The lowest BCUT2D eigenvalue weighted by Gasteiger charge is -2.35. The van der Waals surface area contributed by atoms with E-state index in [4.69, 9.17) is 0 Å². The van der Waals surface area contributed by atoms with Crippen molar-refractivity contribution in [1.82, 2.24) is 14.9 Å². The largest absolute Gasteiger partial charge is 0.354 e. The normalized spacial score (nSPS) is 16.4. The zero-order valence-corrected chi connectivity index (χ0v) is 15.3. The number of hydrogen-bond acceptors (Lipinski definition) is 4. The fourth-order valence-corrected chi connectivity index (χ4v) is 2.97. The lowest BCUT2D eigenvalue weighted by atomic mass is 9.88. The lowest BCUT2D eigenvalue weighted by molar-refractivity contribution is 0.246. The predicted octanol–water partition coefficient (Wildman–Crippen LogP) is 3.40. The van der Waals surface area contributed by atoms with Gasteiger partial charge < -0.3 is 4.90 Å². The van der Waals surface area contributed by atoms with Crippen LogP contribution in [0.2, 0.25) is 0 Å². The third kappa shape index (κ3) is 4.12. The summed E-state index contributed by atoms with van der Waals surface area (Å²) in [6, 6.07) is 8.65. The van der Waals surface area contributed by atoms with Crippen molar-refractivity contribution in [1.29, 1.82) is 0 Å². The maximum absolute atomic E-state index is 4.66. The van der Waals surface area contributed by atoms with E-state index < -0.39 is 0 Å². The van der Waals surface area contributed by atoms with Gasteiger partial charge in [0.15, 0.2) is 0 Å². The molecule has 4 heteroatoms. The molecule has 0 atom stereocenters. The monoisotopic (exact) mass is 324 g/mol. The van der Waals surface area contributed by atoms with E-state index in [2.05, 4.69) is 71.7 Å². The molecule has 1 saturated heterocycles. The molecule has 0 N–H and O–H groups in total. The fraction of sp³-hybridized carbons (Fsp3) is 0.500. The van der Waals surface area contributed by atoms with Gasteiger partial charge in [-0.25, -0.2) is 4.98 Å². The van der Waals surface area contributed by atoms with Crippen LogP contribution >= 0.6 is 0 Å². The topological polar surface area (TPSA) is 32.3 Å². The van der Waals surface area contributed by atoms with E-state index in [9.17, 15) is 0 Å². The Morgan fingerprint density at radius 1 is 0.917 bits per heavy atom. The average Bonchev–Trinajstić information content (AvgIpc) is 2.56. The molecule has 1 fully saturated rings. The molecule has 2 aromatic heterocycles. The molecule has 24 heavy (non-hydrogen) atoms. The smallest absolute Gasteiger partial charge is 0.128 e. The molecule has 4 nitrogen and oxygen atoms in total. The third-order valence-corrected chi connectivity index (χ3v) is 4.67. The predicted molar refractivity (Wildman–Crippen MR) is 99.4 cm³/mol. The van der Waals surface area contributed by atoms with E-state index in [0.29, 0.717) is 0 Å². The van der Waals surface area contributed by atoms with E-state index >= 15 is 0 Å². The van der Waals surface area contributed by atoms with Gasteiger partial charge in [0.2, 0.25) is 0 Å². The quantitative estimate of drug-likeness (QED) is 0.866. The number of aromatic nitrogens is 2. The van der Waals surface area contributed by atoms with Crippen molar-refractivity contribution in [2.75, 3.05) is 31.1 Å². The minimum Gasteiger partial charge on any atom is -0.354 e. The number of nitrogens with zero attached hydrogens (tertiary/aromatic N) is 4. The standard InChI is InChI=1S/C20H28N4/c1-16-5-8-19(22-13-16)24-11-9-23(10-12-24)15-18-7-6-17(14-21-18)20(2,3)4/h5-8,13-14H,9-12,15H2,1-4H3. The molecule has 0 bridgehead atoms. The first-order chi connectivity index (χ1) is 11.4. The number of hydrogen-bond donors (Lipinski definition) is 0. The molecule has 2 aromatic rings. The summed E-state index contributed by atoms with van der Waals surface area (Å²) in [5.74, 6) is 1.09. The molecule has 1 aliphatic rings. The number of piperazine rings is 1. The van der Waals surface area contributed by atoms with Crippen molar-refractivity contribution in [3.8, 4) is 0 Å². The summed E-state index contributed by atoms with van der Waals surface area (Å²) < 4.78 is 0. The first-order valence-electron chi connectivity index (χ1n) is 8.77. The van der Waals surface area contributed by atoms with Crippen LogP contribution in [0.4, 0.5) is 5.82 Å². The first-order valence-corrected chi connectivity index (χ1v) is 8.77. The molecule has 0 aliphatic carbocycles. The van der Waals surface area contributed by atoms with Gasteiger partial charge >= 0.3 is 0 Å². The van der Waals surface area contributed by atoms with Crippen LogP contribution in [0.3, 0.4) is 0 Å². The van der Waals surface area contributed by atoms with Crippen LogP contribution < -0.4 is 4.90 Å². The molecule has 0 aromatic carbocycles. The number of anilines is 1. The van der Waals surface area contributed by atoms with Crippen LogP contribution in [0.15, 0.2) is 36.7 Å². The minimum atomic E-state index is 0.165. The Hall–Kier alpha value is -1.94. The summed E-state index contributed by atoms with van der Waals surface area (Å²) in [6.07, 6.45) is 3.98. The lowest BCUT2D eigenvalue weighted by Crippen LogP contribution is -2.46. The van der Waals surface area contributed by atoms with Crippen LogP contribution in [0.5, 0.6) is 0 Å². The molecule has 0 unspecified atom stereocenters. The van der Waals surface area contributed by atoms with Crippen molar-refractivity contribution in [2.45, 2.75) is 39.7 Å². The summed E-state index contributed by atoms with van der Waals surface area (Å²) >= 11 is 0. The Bertz CT molecular complexity index is 648. The second-order valence-corrected chi connectivity index (χ2v) is 7.75. The highest BCUT2D eigenvalue weighted by Gasteiger charge is 2.19. The molecule has 3 heterocycles. The van der Waals surface area contributed by atoms with Crippen LogP contribution in [0, 0.1) is 6.92 Å². The average molecular weight is 324 g/mol. The highest BCUT2D eigenvalue weighted by molar-refractivity contribution is 5.39. The Morgan fingerprint density at radius 2 is 1.67 bits per heavy atom. The summed E-state index contributed by atoms with van der Waals surface area (Å²) in [7, 11) is 0. The maximum Gasteiger partial charge on any atom is 0.128 e. The summed E-state index contributed by atoms with van der Waals surface area (Å²) in [5.41, 5.74) is 3.83. The van der Waals surface area contributed by atoms with Gasteiger partial charge in [0.25, 0.3) is 0 Å². The van der Waals surface area contributed by atoms with Gasteiger partial charge in [-0.2, -0.15) is 0 Å². The van der Waals surface area contributed by atoms with Crippen LogP contribution in [-0.2, 0) is 12.0 Å². The first kappa shape index (κ1) is 16.9. The Morgan fingerprint density at radius 3 is 2.21 bits per heavy atom.